The summed E-state index contributed by atoms with van der Waals surface area (Å²) in [6.07, 6.45) is 0.176. The van der Waals surface area contributed by atoms with Crippen LogP contribution in [-0.2, 0) is 20.9 Å². The Morgan fingerprint density at radius 2 is 1.80 bits per heavy atom. The van der Waals surface area contributed by atoms with Crippen LogP contribution in [0.5, 0.6) is 5.75 Å². The third-order valence-electron chi connectivity index (χ3n) is 5.19. The van der Waals surface area contributed by atoms with Crippen LogP contribution in [0.2, 0.25) is 0 Å². The van der Waals surface area contributed by atoms with Gasteiger partial charge >= 0.3 is 0 Å². The van der Waals surface area contributed by atoms with Crippen LogP contribution in [0.4, 0.5) is 5.69 Å². The van der Waals surface area contributed by atoms with Crippen molar-refractivity contribution >= 4 is 23.4 Å². The number of ether oxygens (including phenoxy) is 1. The number of anilines is 1. The Morgan fingerprint density at radius 1 is 1.13 bits per heavy atom. The summed E-state index contributed by atoms with van der Waals surface area (Å²) in [5.41, 5.74) is 2.82. The number of likely N-dealkylation sites (N-methyl/N-ethyl adjacent to an activating group) is 1. The molecule has 1 fully saturated rings. The zero-order valence-electron chi connectivity index (χ0n) is 17.6. The zero-order valence-corrected chi connectivity index (χ0v) is 17.6. The van der Waals surface area contributed by atoms with E-state index in [1.54, 1.807) is 43.3 Å². The van der Waals surface area contributed by atoms with Gasteiger partial charge in [-0.15, -0.1) is 0 Å². The standard InChI is InChI=1S/C23H27N3O4/c1-16-4-6-17(7-5-16)13-26-14-18(12-22(26)28)23(29)25(2)15-21(27)24-19-8-10-20(30-3)11-9-19/h4-11,18H,12-15H2,1-3H3,(H,24,27)/t18-/m1/s1. The third kappa shape index (κ3) is 5.37. The van der Waals surface area contributed by atoms with Crippen LogP contribution in [0.15, 0.2) is 48.5 Å². The minimum atomic E-state index is -0.429. The van der Waals surface area contributed by atoms with Gasteiger partial charge in [-0.25, -0.2) is 0 Å². The summed E-state index contributed by atoms with van der Waals surface area (Å²) in [6, 6.07) is 15.0. The van der Waals surface area contributed by atoms with E-state index in [-0.39, 0.29) is 30.7 Å². The molecule has 1 heterocycles. The molecule has 0 aliphatic carbocycles. The highest BCUT2D eigenvalue weighted by atomic mass is 16.5. The van der Waals surface area contributed by atoms with Crippen LogP contribution in [0.3, 0.4) is 0 Å². The van der Waals surface area contributed by atoms with Gasteiger partial charge in [-0.2, -0.15) is 0 Å². The van der Waals surface area contributed by atoms with E-state index in [1.807, 2.05) is 31.2 Å². The van der Waals surface area contributed by atoms with Crippen LogP contribution in [-0.4, -0.2) is 54.8 Å². The smallest absolute Gasteiger partial charge is 0.243 e. The van der Waals surface area contributed by atoms with Crippen LogP contribution >= 0.6 is 0 Å². The highest BCUT2D eigenvalue weighted by molar-refractivity contribution is 5.96. The van der Waals surface area contributed by atoms with Gasteiger partial charge in [0.2, 0.25) is 17.7 Å². The Hall–Kier alpha value is -3.35. The van der Waals surface area contributed by atoms with Crippen LogP contribution in [0, 0.1) is 12.8 Å². The van der Waals surface area contributed by atoms with Crippen molar-refractivity contribution < 1.29 is 19.1 Å². The quantitative estimate of drug-likeness (QED) is 0.762. The molecule has 0 radical (unpaired) electrons. The first-order chi connectivity index (χ1) is 14.4. The van der Waals surface area contributed by atoms with E-state index in [0.29, 0.717) is 24.5 Å². The summed E-state index contributed by atoms with van der Waals surface area (Å²) in [4.78, 5) is 40.5. The topological polar surface area (TPSA) is 79.0 Å². The number of benzene rings is 2. The molecule has 7 nitrogen and oxygen atoms in total. The predicted octanol–water partition coefficient (Wildman–Crippen LogP) is 2.45. The van der Waals surface area contributed by atoms with Gasteiger partial charge in [-0.1, -0.05) is 29.8 Å². The van der Waals surface area contributed by atoms with Crippen molar-refractivity contribution in [2.45, 2.75) is 19.9 Å². The fraction of sp³-hybridized carbons (Fsp3) is 0.348. The lowest BCUT2D eigenvalue weighted by Crippen LogP contribution is -2.39. The number of nitrogens with zero attached hydrogens (tertiary/aromatic N) is 2. The first-order valence-electron chi connectivity index (χ1n) is 9.88. The Kier molecular flexibility index (Phi) is 6.72. The monoisotopic (exact) mass is 409 g/mol. The summed E-state index contributed by atoms with van der Waals surface area (Å²) >= 11 is 0. The van der Waals surface area contributed by atoms with Crippen LogP contribution in [0.1, 0.15) is 17.5 Å². The van der Waals surface area contributed by atoms with Crippen molar-refractivity contribution in [1.82, 2.24) is 9.80 Å². The largest absolute Gasteiger partial charge is 0.497 e. The predicted molar refractivity (Wildman–Crippen MR) is 114 cm³/mol. The van der Waals surface area contributed by atoms with E-state index in [1.165, 1.54) is 4.90 Å². The summed E-state index contributed by atoms with van der Waals surface area (Å²) in [6.45, 7) is 2.80. The number of hydrogen-bond acceptors (Lipinski definition) is 4. The van der Waals surface area contributed by atoms with Gasteiger partial charge in [0.15, 0.2) is 0 Å². The highest BCUT2D eigenvalue weighted by Crippen LogP contribution is 2.22. The maximum atomic E-state index is 12.8. The lowest BCUT2D eigenvalue weighted by Gasteiger charge is -2.21. The molecular weight excluding hydrogens is 382 g/mol. The maximum absolute atomic E-state index is 12.8. The molecule has 1 aliphatic rings. The van der Waals surface area contributed by atoms with Gasteiger partial charge in [0, 0.05) is 32.2 Å². The SMILES string of the molecule is COc1ccc(NC(=O)CN(C)C(=O)[C@@H]2CC(=O)N(Cc3ccc(C)cc3)C2)cc1. The molecule has 3 amide bonds. The Bertz CT molecular complexity index is 909. The molecule has 0 unspecified atom stereocenters. The molecule has 158 valence electrons. The average molecular weight is 409 g/mol. The third-order valence-corrected chi connectivity index (χ3v) is 5.19. The molecule has 1 N–H and O–H groups in total. The molecule has 0 aromatic heterocycles. The van der Waals surface area contributed by atoms with E-state index in [4.69, 9.17) is 4.74 Å². The summed E-state index contributed by atoms with van der Waals surface area (Å²) in [5, 5.41) is 2.76. The summed E-state index contributed by atoms with van der Waals surface area (Å²) < 4.78 is 5.09. The van der Waals surface area contributed by atoms with Crippen molar-refractivity contribution in [2.75, 3.05) is 32.6 Å². The van der Waals surface area contributed by atoms with E-state index < -0.39 is 5.92 Å². The second-order valence-corrected chi connectivity index (χ2v) is 7.63. The molecule has 2 aromatic rings. The maximum Gasteiger partial charge on any atom is 0.243 e. The number of nitrogens with one attached hydrogen (secondary N) is 1. The van der Waals surface area contributed by atoms with Gasteiger partial charge in [0.25, 0.3) is 0 Å². The first kappa shape index (κ1) is 21.4. The Balaban J connectivity index is 1.51. The van der Waals surface area contributed by atoms with Crippen molar-refractivity contribution in [2.24, 2.45) is 5.92 Å². The number of carbonyl (C=O) groups excluding carboxylic acids is 3. The lowest BCUT2D eigenvalue weighted by molar-refractivity contribution is -0.137. The van der Waals surface area contributed by atoms with Crippen LogP contribution in [0.25, 0.3) is 0 Å². The lowest BCUT2D eigenvalue weighted by atomic mass is 10.1. The highest BCUT2D eigenvalue weighted by Gasteiger charge is 2.36. The van der Waals surface area contributed by atoms with Crippen molar-refractivity contribution in [1.29, 1.82) is 0 Å². The van der Waals surface area contributed by atoms with Crippen molar-refractivity contribution in [3.63, 3.8) is 0 Å². The molecule has 0 saturated carbocycles. The fourth-order valence-corrected chi connectivity index (χ4v) is 3.48. The van der Waals surface area contributed by atoms with Gasteiger partial charge in [-0.3, -0.25) is 14.4 Å². The molecule has 2 aromatic carbocycles. The number of amides is 3. The minimum Gasteiger partial charge on any atom is -0.497 e. The molecule has 30 heavy (non-hydrogen) atoms. The molecule has 0 bridgehead atoms. The van der Waals surface area contributed by atoms with Crippen molar-refractivity contribution in [3.8, 4) is 5.75 Å². The van der Waals surface area contributed by atoms with Gasteiger partial charge in [0.1, 0.15) is 5.75 Å². The number of hydrogen-bond donors (Lipinski definition) is 1. The van der Waals surface area contributed by atoms with Crippen LogP contribution < -0.4 is 10.1 Å². The Labute approximate surface area is 176 Å². The Morgan fingerprint density at radius 3 is 2.43 bits per heavy atom. The minimum absolute atomic E-state index is 0.0370. The first-order valence-corrected chi connectivity index (χ1v) is 9.88. The second kappa shape index (κ2) is 9.43. The van der Waals surface area contributed by atoms with Gasteiger partial charge in [-0.05, 0) is 36.8 Å². The van der Waals surface area contributed by atoms with E-state index >= 15 is 0 Å². The van der Waals surface area contributed by atoms with Gasteiger partial charge < -0.3 is 19.9 Å². The number of aryl methyl sites for hydroxylation is 1. The molecule has 7 heteroatoms. The van der Waals surface area contributed by atoms with E-state index in [2.05, 4.69) is 5.32 Å². The summed E-state index contributed by atoms with van der Waals surface area (Å²) in [7, 11) is 3.16. The summed E-state index contributed by atoms with van der Waals surface area (Å²) in [5.74, 6) is -0.260. The molecule has 3 rings (SSSR count). The molecule has 1 saturated heterocycles. The fourth-order valence-electron chi connectivity index (χ4n) is 3.48. The number of carbonyl (C=O) groups is 3. The average Bonchev–Trinajstić information content (AvgIpc) is 3.09. The van der Waals surface area contributed by atoms with E-state index in [9.17, 15) is 14.4 Å². The van der Waals surface area contributed by atoms with Gasteiger partial charge in [0.05, 0.1) is 19.6 Å². The molecule has 1 aliphatic heterocycles. The number of rotatable bonds is 7. The molecule has 0 spiro atoms. The van der Waals surface area contributed by atoms with Crippen molar-refractivity contribution in [3.05, 3.63) is 59.7 Å². The number of likely N-dealkylation sites (tertiary alicyclic amines) is 1. The zero-order chi connectivity index (χ0) is 21.7. The molecular formula is C23H27N3O4. The molecule has 1 atom stereocenters. The second-order valence-electron chi connectivity index (χ2n) is 7.63. The van der Waals surface area contributed by atoms with E-state index in [0.717, 1.165) is 11.1 Å². The normalized spacial score (nSPS) is 15.8. The number of methoxy groups -OCH3 is 1.